The minimum atomic E-state index is -3.40. The molecule has 5 heteroatoms. The van der Waals surface area contributed by atoms with Crippen LogP contribution >= 0.6 is 0 Å². The molecule has 0 bridgehead atoms. The largest absolute Gasteiger partial charge is 0.329 e. The van der Waals surface area contributed by atoms with Gasteiger partial charge in [-0.05, 0) is 30.9 Å². The van der Waals surface area contributed by atoms with Crippen molar-refractivity contribution in [3.8, 4) is 0 Å². The minimum Gasteiger partial charge on any atom is -0.329 e. The smallest absolute Gasteiger partial charge is 0.243 e. The Hall–Kier alpha value is -0.910. The lowest BCUT2D eigenvalue weighted by atomic mass is 9.90. The third-order valence-corrected chi connectivity index (χ3v) is 5.94. The minimum absolute atomic E-state index is 0.0658. The number of nitrogens with zero attached hydrogens (tertiary/aromatic N) is 1. The fraction of sp³-hybridized carbons (Fsp3) is 0.571. The van der Waals surface area contributed by atoms with Gasteiger partial charge in [-0.15, -0.1) is 0 Å². The fourth-order valence-corrected chi connectivity index (χ4v) is 4.42. The van der Waals surface area contributed by atoms with E-state index in [1.165, 1.54) is 0 Å². The monoisotopic (exact) mass is 282 g/mol. The Morgan fingerprint density at radius 1 is 1.32 bits per heavy atom. The number of hydrogen-bond donors (Lipinski definition) is 1. The van der Waals surface area contributed by atoms with E-state index in [-0.39, 0.29) is 6.04 Å². The highest BCUT2D eigenvalue weighted by Gasteiger charge is 2.35. The van der Waals surface area contributed by atoms with Gasteiger partial charge >= 0.3 is 0 Å². The lowest BCUT2D eigenvalue weighted by Crippen LogP contribution is -2.49. The maximum atomic E-state index is 12.6. The zero-order valence-electron chi connectivity index (χ0n) is 11.3. The predicted molar refractivity (Wildman–Crippen MR) is 76.2 cm³/mol. The van der Waals surface area contributed by atoms with E-state index in [1.807, 2.05) is 6.07 Å². The Balaban J connectivity index is 2.25. The van der Waals surface area contributed by atoms with Crippen molar-refractivity contribution in [2.24, 2.45) is 11.7 Å². The highest BCUT2D eigenvalue weighted by molar-refractivity contribution is 7.89. The van der Waals surface area contributed by atoms with Crippen LogP contribution in [0.4, 0.5) is 0 Å². The first-order valence-corrected chi connectivity index (χ1v) is 8.30. The van der Waals surface area contributed by atoms with E-state index in [0.717, 1.165) is 19.3 Å². The Bertz CT molecular complexity index is 501. The SMILES string of the molecule is CCC1CCN(S(=O)(=O)c2ccccc2)C(CN)C1. The average molecular weight is 282 g/mol. The molecule has 4 nitrogen and oxygen atoms in total. The van der Waals surface area contributed by atoms with Gasteiger partial charge < -0.3 is 5.73 Å². The van der Waals surface area contributed by atoms with Crippen molar-refractivity contribution in [3.63, 3.8) is 0 Å². The summed E-state index contributed by atoms with van der Waals surface area (Å²) in [4.78, 5) is 0.364. The summed E-state index contributed by atoms with van der Waals surface area (Å²) in [5.41, 5.74) is 5.78. The molecule has 1 aliphatic heterocycles. The average Bonchev–Trinajstić information content (AvgIpc) is 2.47. The Morgan fingerprint density at radius 2 is 2.00 bits per heavy atom. The van der Waals surface area contributed by atoms with E-state index in [4.69, 9.17) is 5.73 Å². The molecule has 2 atom stereocenters. The molecular formula is C14H22N2O2S. The first kappa shape index (κ1) is 14.5. The molecule has 1 saturated heterocycles. The van der Waals surface area contributed by atoms with Crippen LogP contribution in [0.25, 0.3) is 0 Å². The lowest BCUT2D eigenvalue weighted by Gasteiger charge is -2.37. The molecule has 0 radical (unpaired) electrons. The van der Waals surface area contributed by atoms with Gasteiger partial charge in [-0.1, -0.05) is 31.5 Å². The molecule has 2 unspecified atom stereocenters. The van der Waals surface area contributed by atoms with Crippen LogP contribution in [-0.2, 0) is 10.0 Å². The van der Waals surface area contributed by atoms with Crippen molar-refractivity contribution in [2.45, 2.75) is 37.1 Å². The maximum absolute atomic E-state index is 12.6. The molecule has 1 fully saturated rings. The standard InChI is InChI=1S/C14H22N2O2S/c1-2-12-8-9-16(13(10-12)11-15)19(17,18)14-6-4-3-5-7-14/h3-7,12-13H,2,8-11,15H2,1H3. The normalized spacial score (nSPS) is 25.4. The van der Waals surface area contributed by atoms with E-state index in [2.05, 4.69) is 6.92 Å². The van der Waals surface area contributed by atoms with Crippen molar-refractivity contribution in [3.05, 3.63) is 30.3 Å². The molecule has 0 saturated carbocycles. The van der Waals surface area contributed by atoms with Crippen LogP contribution < -0.4 is 5.73 Å². The second-order valence-electron chi connectivity index (χ2n) is 5.12. The number of rotatable bonds is 4. The van der Waals surface area contributed by atoms with Crippen LogP contribution in [0.5, 0.6) is 0 Å². The van der Waals surface area contributed by atoms with Crippen molar-refractivity contribution in [1.29, 1.82) is 0 Å². The predicted octanol–water partition coefficient (Wildman–Crippen LogP) is 1.82. The van der Waals surface area contributed by atoms with Crippen molar-refractivity contribution in [1.82, 2.24) is 4.31 Å². The number of sulfonamides is 1. The van der Waals surface area contributed by atoms with E-state index < -0.39 is 10.0 Å². The molecule has 0 aliphatic carbocycles. The van der Waals surface area contributed by atoms with E-state index >= 15 is 0 Å². The van der Waals surface area contributed by atoms with E-state index in [9.17, 15) is 8.42 Å². The second kappa shape index (κ2) is 6.03. The zero-order chi connectivity index (χ0) is 13.9. The number of piperidine rings is 1. The van der Waals surface area contributed by atoms with Gasteiger partial charge in [0.2, 0.25) is 10.0 Å². The summed E-state index contributed by atoms with van der Waals surface area (Å²) in [6, 6.07) is 8.56. The number of nitrogens with two attached hydrogens (primary N) is 1. The fourth-order valence-electron chi connectivity index (χ4n) is 2.74. The number of benzene rings is 1. The van der Waals surface area contributed by atoms with Gasteiger partial charge in [0, 0.05) is 19.1 Å². The molecular weight excluding hydrogens is 260 g/mol. The third kappa shape index (κ3) is 2.99. The van der Waals surface area contributed by atoms with E-state index in [0.29, 0.717) is 23.9 Å². The summed E-state index contributed by atoms with van der Waals surface area (Å²) in [6.07, 6.45) is 2.90. The Kier molecular flexibility index (Phi) is 4.60. The molecule has 1 heterocycles. The number of hydrogen-bond acceptors (Lipinski definition) is 3. The molecule has 2 rings (SSSR count). The van der Waals surface area contributed by atoms with Gasteiger partial charge in [0.25, 0.3) is 0 Å². The Morgan fingerprint density at radius 3 is 2.58 bits per heavy atom. The Labute approximate surface area is 115 Å². The van der Waals surface area contributed by atoms with Gasteiger partial charge in [-0.2, -0.15) is 4.31 Å². The molecule has 0 aromatic heterocycles. The van der Waals surface area contributed by atoms with Crippen LogP contribution in [0.2, 0.25) is 0 Å². The maximum Gasteiger partial charge on any atom is 0.243 e. The van der Waals surface area contributed by atoms with Gasteiger partial charge in [-0.25, -0.2) is 8.42 Å². The van der Waals surface area contributed by atoms with Crippen LogP contribution in [-0.4, -0.2) is 31.9 Å². The molecule has 0 amide bonds. The summed E-state index contributed by atoms with van der Waals surface area (Å²) < 4.78 is 26.8. The van der Waals surface area contributed by atoms with Gasteiger partial charge in [-0.3, -0.25) is 0 Å². The van der Waals surface area contributed by atoms with Gasteiger partial charge in [0.1, 0.15) is 0 Å². The molecule has 1 aromatic rings. The summed E-state index contributed by atoms with van der Waals surface area (Å²) in [6.45, 7) is 3.12. The first-order valence-electron chi connectivity index (χ1n) is 6.86. The van der Waals surface area contributed by atoms with Crippen LogP contribution in [0.1, 0.15) is 26.2 Å². The molecule has 106 valence electrons. The highest BCUT2D eigenvalue weighted by atomic mass is 32.2. The molecule has 1 aromatic carbocycles. The van der Waals surface area contributed by atoms with Gasteiger partial charge in [0.05, 0.1) is 4.90 Å². The van der Waals surface area contributed by atoms with Gasteiger partial charge in [0.15, 0.2) is 0 Å². The lowest BCUT2D eigenvalue weighted by molar-refractivity contribution is 0.197. The zero-order valence-corrected chi connectivity index (χ0v) is 12.1. The summed E-state index contributed by atoms with van der Waals surface area (Å²) >= 11 is 0. The van der Waals surface area contributed by atoms with Crippen LogP contribution in [0.15, 0.2) is 35.2 Å². The molecule has 2 N–H and O–H groups in total. The molecule has 19 heavy (non-hydrogen) atoms. The van der Waals surface area contributed by atoms with Crippen LogP contribution in [0.3, 0.4) is 0 Å². The summed E-state index contributed by atoms with van der Waals surface area (Å²) in [5, 5.41) is 0. The highest BCUT2D eigenvalue weighted by Crippen LogP contribution is 2.29. The second-order valence-corrected chi connectivity index (χ2v) is 7.01. The topological polar surface area (TPSA) is 63.4 Å². The summed E-state index contributed by atoms with van der Waals surface area (Å²) in [5.74, 6) is 0.593. The van der Waals surface area contributed by atoms with Crippen LogP contribution in [0, 0.1) is 5.92 Å². The third-order valence-electron chi connectivity index (χ3n) is 3.97. The van der Waals surface area contributed by atoms with Crippen molar-refractivity contribution >= 4 is 10.0 Å². The molecule has 0 spiro atoms. The quantitative estimate of drug-likeness (QED) is 0.916. The summed E-state index contributed by atoms with van der Waals surface area (Å²) in [7, 11) is -3.40. The first-order chi connectivity index (χ1) is 9.09. The molecule has 1 aliphatic rings. The van der Waals surface area contributed by atoms with Crippen molar-refractivity contribution < 1.29 is 8.42 Å². The van der Waals surface area contributed by atoms with E-state index in [1.54, 1.807) is 28.6 Å². The van der Waals surface area contributed by atoms with Crippen molar-refractivity contribution in [2.75, 3.05) is 13.1 Å².